The second kappa shape index (κ2) is 5.13. The van der Waals surface area contributed by atoms with E-state index in [9.17, 15) is 4.79 Å². The minimum Gasteiger partial charge on any atom is -0.367 e. The van der Waals surface area contributed by atoms with Gasteiger partial charge in [0.05, 0.1) is 6.04 Å². The third-order valence-corrected chi connectivity index (χ3v) is 3.39. The fourth-order valence-corrected chi connectivity index (χ4v) is 2.26. The Kier molecular flexibility index (Phi) is 3.56. The zero-order valence-electron chi connectivity index (χ0n) is 10.1. The molecule has 1 atom stereocenters. The Labute approximate surface area is 108 Å². The van der Waals surface area contributed by atoms with Crippen LogP contribution in [0.25, 0.3) is 0 Å². The fourth-order valence-electron chi connectivity index (χ4n) is 1.45. The number of nitrogens with one attached hydrogen (secondary N) is 1. The number of aryl methyl sites for hydroxylation is 1. The lowest BCUT2D eigenvalue weighted by Crippen LogP contribution is -2.30. The Balaban J connectivity index is 1.91. The highest BCUT2D eigenvalue weighted by molar-refractivity contribution is 7.09. The summed E-state index contributed by atoms with van der Waals surface area (Å²) in [5.41, 5.74) is 6.32. The summed E-state index contributed by atoms with van der Waals surface area (Å²) in [4.78, 5) is 19.8. The first-order chi connectivity index (χ1) is 8.54. The van der Waals surface area contributed by atoms with Gasteiger partial charge in [-0.05, 0) is 13.8 Å². The molecule has 8 heteroatoms. The number of amides is 1. The SMILES string of the molecule is Cc1csc(C(C)NC(=O)Cn2cnc(N)n2)n1. The van der Waals surface area contributed by atoms with Gasteiger partial charge in [0, 0.05) is 11.1 Å². The highest BCUT2D eigenvalue weighted by atomic mass is 32.1. The number of thiazole rings is 1. The lowest BCUT2D eigenvalue weighted by molar-refractivity contribution is -0.122. The van der Waals surface area contributed by atoms with E-state index in [0.29, 0.717) is 0 Å². The normalized spacial score (nSPS) is 12.3. The van der Waals surface area contributed by atoms with Crippen LogP contribution in [0.3, 0.4) is 0 Å². The Hall–Kier alpha value is -1.96. The van der Waals surface area contributed by atoms with Crippen LogP contribution >= 0.6 is 11.3 Å². The minimum atomic E-state index is -0.153. The number of nitrogens with zero attached hydrogens (tertiary/aromatic N) is 4. The molecule has 0 saturated heterocycles. The molecule has 3 N–H and O–H groups in total. The molecule has 0 bridgehead atoms. The van der Waals surface area contributed by atoms with Crippen molar-refractivity contribution in [3.63, 3.8) is 0 Å². The fraction of sp³-hybridized carbons (Fsp3) is 0.400. The van der Waals surface area contributed by atoms with Gasteiger partial charge in [0.1, 0.15) is 17.9 Å². The first-order valence-corrected chi connectivity index (χ1v) is 6.29. The van der Waals surface area contributed by atoms with Crippen molar-refractivity contribution in [2.75, 3.05) is 5.73 Å². The van der Waals surface area contributed by atoms with E-state index < -0.39 is 0 Å². The molecule has 1 unspecified atom stereocenters. The maximum absolute atomic E-state index is 11.7. The molecule has 96 valence electrons. The van der Waals surface area contributed by atoms with E-state index in [0.717, 1.165) is 10.7 Å². The van der Waals surface area contributed by atoms with Crippen LogP contribution in [0.2, 0.25) is 0 Å². The standard InChI is InChI=1S/C10H14N6OS/c1-6-4-18-9(13-6)7(2)14-8(17)3-16-5-12-10(11)15-16/h4-5,7H,3H2,1-2H3,(H2,11,15)(H,14,17). The van der Waals surface area contributed by atoms with Crippen molar-refractivity contribution < 1.29 is 4.79 Å². The number of anilines is 1. The third kappa shape index (κ3) is 3.04. The maximum Gasteiger partial charge on any atom is 0.242 e. The van der Waals surface area contributed by atoms with E-state index in [1.54, 1.807) is 0 Å². The van der Waals surface area contributed by atoms with Crippen molar-refractivity contribution in [3.05, 3.63) is 22.4 Å². The van der Waals surface area contributed by atoms with Crippen LogP contribution in [0.5, 0.6) is 0 Å². The lowest BCUT2D eigenvalue weighted by atomic mass is 10.3. The molecule has 2 heterocycles. The zero-order chi connectivity index (χ0) is 13.1. The summed E-state index contributed by atoms with van der Waals surface area (Å²) in [6.07, 6.45) is 1.42. The summed E-state index contributed by atoms with van der Waals surface area (Å²) in [6, 6.07) is -0.114. The highest BCUT2D eigenvalue weighted by Gasteiger charge is 2.13. The van der Waals surface area contributed by atoms with Gasteiger partial charge in [-0.25, -0.2) is 14.6 Å². The van der Waals surface area contributed by atoms with E-state index in [4.69, 9.17) is 5.73 Å². The van der Waals surface area contributed by atoms with Gasteiger partial charge in [-0.1, -0.05) is 0 Å². The summed E-state index contributed by atoms with van der Waals surface area (Å²) in [5, 5.41) is 9.53. The molecule has 0 aliphatic carbocycles. The molecule has 18 heavy (non-hydrogen) atoms. The average Bonchev–Trinajstić information content (AvgIpc) is 2.87. The predicted octanol–water partition coefficient (Wildman–Crippen LogP) is 0.503. The van der Waals surface area contributed by atoms with Gasteiger partial charge < -0.3 is 11.1 Å². The van der Waals surface area contributed by atoms with Gasteiger partial charge in [0.15, 0.2) is 0 Å². The van der Waals surface area contributed by atoms with E-state index in [1.807, 2.05) is 19.2 Å². The summed E-state index contributed by atoms with van der Waals surface area (Å²) in [6.45, 7) is 3.91. The number of rotatable bonds is 4. The monoisotopic (exact) mass is 266 g/mol. The molecule has 0 radical (unpaired) electrons. The van der Waals surface area contributed by atoms with Crippen LogP contribution in [0, 0.1) is 6.92 Å². The van der Waals surface area contributed by atoms with Crippen LogP contribution in [0.4, 0.5) is 5.95 Å². The van der Waals surface area contributed by atoms with E-state index in [2.05, 4.69) is 20.4 Å². The van der Waals surface area contributed by atoms with Crippen LogP contribution < -0.4 is 11.1 Å². The third-order valence-electron chi connectivity index (χ3n) is 2.24. The molecule has 0 aromatic carbocycles. The van der Waals surface area contributed by atoms with E-state index in [-0.39, 0.29) is 24.4 Å². The van der Waals surface area contributed by atoms with Gasteiger partial charge in [0.2, 0.25) is 11.9 Å². The van der Waals surface area contributed by atoms with Gasteiger partial charge in [0.25, 0.3) is 0 Å². The highest BCUT2D eigenvalue weighted by Crippen LogP contribution is 2.17. The van der Waals surface area contributed by atoms with Crippen molar-refractivity contribution >= 4 is 23.2 Å². The van der Waals surface area contributed by atoms with Crippen LogP contribution in [-0.2, 0) is 11.3 Å². The van der Waals surface area contributed by atoms with Crippen molar-refractivity contribution in [2.45, 2.75) is 26.4 Å². The number of hydrogen-bond donors (Lipinski definition) is 2. The molecular formula is C10H14N6OS. The number of carbonyl (C=O) groups is 1. The molecule has 2 aromatic heterocycles. The molecule has 0 aliphatic heterocycles. The first kappa shape index (κ1) is 12.5. The maximum atomic E-state index is 11.7. The molecule has 0 spiro atoms. The summed E-state index contributed by atoms with van der Waals surface area (Å²) in [5.74, 6) is 0.00616. The second-order valence-corrected chi connectivity index (χ2v) is 4.81. The number of nitrogen functional groups attached to an aromatic ring is 1. The van der Waals surface area contributed by atoms with Gasteiger partial charge in [-0.3, -0.25) is 4.79 Å². The molecule has 0 fully saturated rings. The second-order valence-electron chi connectivity index (χ2n) is 3.92. The minimum absolute atomic E-state index is 0.0961. The number of hydrogen-bond acceptors (Lipinski definition) is 6. The summed E-state index contributed by atoms with van der Waals surface area (Å²) < 4.78 is 1.39. The Morgan fingerprint density at radius 3 is 3.00 bits per heavy atom. The molecule has 7 nitrogen and oxygen atoms in total. The van der Waals surface area contributed by atoms with Crippen LogP contribution in [0.1, 0.15) is 23.7 Å². The van der Waals surface area contributed by atoms with Crippen molar-refractivity contribution in [2.24, 2.45) is 0 Å². The van der Waals surface area contributed by atoms with Crippen molar-refractivity contribution in [1.82, 2.24) is 25.1 Å². The van der Waals surface area contributed by atoms with Gasteiger partial charge in [-0.15, -0.1) is 16.4 Å². The van der Waals surface area contributed by atoms with Crippen LogP contribution in [-0.4, -0.2) is 25.7 Å². The molecule has 1 amide bonds. The number of carbonyl (C=O) groups excluding carboxylic acids is 1. The molecule has 0 saturated carbocycles. The van der Waals surface area contributed by atoms with Crippen LogP contribution in [0.15, 0.2) is 11.7 Å². The largest absolute Gasteiger partial charge is 0.367 e. The summed E-state index contributed by atoms with van der Waals surface area (Å²) >= 11 is 1.53. The molecule has 2 aromatic rings. The Morgan fingerprint density at radius 2 is 2.44 bits per heavy atom. The molecular weight excluding hydrogens is 252 g/mol. The van der Waals surface area contributed by atoms with Gasteiger partial charge in [-0.2, -0.15) is 0 Å². The smallest absolute Gasteiger partial charge is 0.242 e. The average molecular weight is 266 g/mol. The number of aromatic nitrogens is 4. The number of nitrogens with two attached hydrogens (primary N) is 1. The van der Waals surface area contributed by atoms with Crippen molar-refractivity contribution in [1.29, 1.82) is 0 Å². The molecule has 0 aliphatic rings. The van der Waals surface area contributed by atoms with E-state index >= 15 is 0 Å². The van der Waals surface area contributed by atoms with Gasteiger partial charge >= 0.3 is 0 Å². The summed E-state index contributed by atoms with van der Waals surface area (Å²) in [7, 11) is 0. The molecule has 2 rings (SSSR count). The Morgan fingerprint density at radius 1 is 1.67 bits per heavy atom. The Bertz CT molecular complexity index is 548. The topological polar surface area (TPSA) is 98.7 Å². The first-order valence-electron chi connectivity index (χ1n) is 5.41. The van der Waals surface area contributed by atoms with E-state index in [1.165, 1.54) is 22.3 Å². The van der Waals surface area contributed by atoms with Crippen molar-refractivity contribution in [3.8, 4) is 0 Å². The quantitative estimate of drug-likeness (QED) is 0.839. The predicted molar refractivity (Wildman–Crippen MR) is 67.8 cm³/mol. The zero-order valence-corrected chi connectivity index (χ0v) is 10.9. The lowest BCUT2D eigenvalue weighted by Gasteiger charge is -2.10.